The highest BCUT2D eigenvalue weighted by Gasteiger charge is 2.50. The molecule has 1 aliphatic heterocycles. The molecular weight excluding hydrogens is 354 g/mol. The average Bonchev–Trinajstić information content (AvgIpc) is 3.29. The zero-order chi connectivity index (χ0) is 19.0. The highest BCUT2D eigenvalue weighted by molar-refractivity contribution is 7.10. The summed E-state index contributed by atoms with van der Waals surface area (Å²) in [6.07, 6.45) is 0.989. The lowest BCUT2D eigenvalue weighted by Gasteiger charge is -2.24. The van der Waals surface area contributed by atoms with Crippen molar-refractivity contribution < 1.29 is 4.79 Å². The first-order valence-corrected chi connectivity index (χ1v) is 9.81. The molecule has 0 spiro atoms. The van der Waals surface area contributed by atoms with Gasteiger partial charge in [-0.1, -0.05) is 61.5 Å². The Labute approximate surface area is 163 Å². The van der Waals surface area contributed by atoms with E-state index in [-0.39, 0.29) is 11.9 Å². The molecule has 2 aromatic carbocycles. The first-order valence-electron chi connectivity index (χ1n) is 8.93. The van der Waals surface area contributed by atoms with Gasteiger partial charge in [0, 0.05) is 11.9 Å². The van der Waals surface area contributed by atoms with E-state index in [1.54, 1.807) is 18.4 Å². The number of nitrogens with two attached hydrogens (primary N) is 1. The molecule has 1 atom stereocenters. The summed E-state index contributed by atoms with van der Waals surface area (Å²) in [5.41, 5.74) is 9.29. The molecule has 0 bridgehead atoms. The van der Waals surface area contributed by atoms with Gasteiger partial charge in [0.2, 0.25) is 5.54 Å². The number of guanidine groups is 1. The monoisotopic (exact) mass is 375 g/mol. The fourth-order valence-corrected chi connectivity index (χ4v) is 4.53. The summed E-state index contributed by atoms with van der Waals surface area (Å²) in [5.74, 6) is 0.119. The van der Waals surface area contributed by atoms with Crippen LogP contribution in [0.3, 0.4) is 0 Å². The largest absolute Gasteiger partial charge is 0.369 e. The number of likely N-dealkylation sites (N-methyl/N-ethyl adjacent to an activating group) is 1. The molecule has 4 rings (SSSR count). The van der Waals surface area contributed by atoms with E-state index in [2.05, 4.69) is 47.6 Å². The van der Waals surface area contributed by atoms with E-state index < -0.39 is 5.54 Å². The van der Waals surface area contributed by atoms with E-state index in [1.807, 2.05) is 30.3 Å². The van der Waals surface area contributed by atoms with E-state index in [0.29, 0.717) is 0 Å². The Morgan fingerprint density at radius 3 is 2.52 bits per heavy atom. The standard InChI is InChI=1S/C22H21N3OS/c1-3-15-8-7-9-16(12-15)17-13-19(27-14-17)22(18-10-5-4-6-11-18)20(26)25(2)21(23)24-22/h4-14H,3H2,1-2H3,(H2,23,24). The number of aryl methyl sites for hydroxylation is 1. The lowest BCUT2D eigenvalue weighted by molar-refractivity contribution is -0.129. The Hall–Kier alpha value is -2.92. The Morgan fingerprint density at radius 1 is 1.07 bits per heavy atom. The SMILES string of the molecule is CCc1cccc(-c2csc(C3(c4ccccc4)N=C(N)N(C)C3=O)c2)c1. The minimum atomic E-state index is -1.11. The van der Waals surface area contributed by atoms with Crippen molar-refractivity contribution >= 4 is 23.2 Å². The Balaban J connectivity index is 1.86. The van der Waals surface area contributed by atoms with Crippen LogP contribution in [0.1, 0.15) is 22.9 Å². The maximum atomic E-state index is 13.2. The molecule has 5 heteroatoms. The van der Waals surface area contributed by atoms with Crippen LogP contribution in [0, 0.1) is 0 Å². The molecule has 27 heavy (non-hydrogen) atoms. The summed E-state index contributed by atoms with van der Waals surface area (Å²) < 4.78 is 0. The molecule has 2 heterocycles. The quantitative estimate of drug-likeness (QED) is 0.749. The van der Waals surface area contributed by atoms with E-state index in [1.165, 1.54) is 10.5 Å². The Kier molecular flexibility index (Phi) is 4.32. The number of rotatable bonds is 4. The molecule has 0 radical (unpaired) electrons. The smallest absolute Gasteiger partial charge is 0.267 e. The number of nitrogens with zero attached hydrogens (tertiary/aromatic N) is 2. The second-order valence-corrected chi connectivity index (χ2v) is 7.58. The van der Waals surface area contributed by atoms with Crippen LogP contribution < -0.4 is 5.73 Å². The van der Waals surface area contributed by atoms with Gasteiger partial charge in [0.1, 0.15) is 0 Å². The van der Waals surface area contributed by atoms with Crippen molar-refractivity contribution in [2.45, 2.75) is 18.9 Å². The highest BCUT2D eigenvalue weighted by Crippen LogP contribution is 2.43. The molecule has 0 saturated carbocycles. The minimum Gasteiger partial charge on any atom is -0.369 e. The number of carbonyl (C=O) groups excluding carboxylic acids is 1. The number of amides is 1. The van der Waals surface area contributed by atoms with Crippen LogP contribution in [0.5, 0.6) is 0 Å². The first-order chi connectivity index (χ1) is 13.1. The topological polar surface area (TPSA) is 58.7 Å². The van der Waals surface area contributed by atoms with Gasteiger partial charge in [-0.3, -0.25) is 9.69 Å². The van der Waals surface area contributed by atoms with Crippen LogP contribution in [0.15, 0.2) is 71.0 Å². The fraction of sp³-hybridized carbons (Fsp3) is 0.182. The highest BCUT2D eigenvalue weighted by atomic mass is 32.1. The molecule has 4 nitrogen and oxygen atoms in total. The second kappa shape index (κ2) is 6.67. The fourth-order valence-electron chi connectivity index (χ4n) is 3.46. The second-order valence-electron chi connectivity index (χ2n) is 6.66. The van der Waals surface area contributed by atoms with Gasteiger partial charge in [-0.05, 0) is 40.1 Å². The van der Waals surface area contributed by atoms with Gasteiger partial charge >= 0.3 is 0 Å². The number of aliphatic imine (C=N–C) groups is 1. The van der Waals surface area contributed by atoms with Crippen molar-refractivity contribution in [3.8, 4) is 11.1 Å². The molecule has 1 aromatic heterocycles. The van der Waals surface area contributed by atoms with Gasteiger partial charge in [-0.25, -0.2) is 4.99 Å². The third kappa shape index (κ3) is 2.75. The molecule has 1 amide bonds. The third-order valence-electron chi connectivity index (χ3n) is 5.06. The van der Waals surface area contributed by atoms with Gasteiger partial charge in [-0.15, -0.1) is 11.3 Å². The molecule has 1 unspecified atom stereocenters. The van der Waals surface area contributed by atoms with E-state index in [0.717, 1.165) is 28.0 Å². The lowest BCUT2D eigenvalue weighted by atomic mass is 9.87. The lowest BCUT2D eigenvalue weighted by Crippen LogP contribution is -2.40. The summed E-state index contributed by atoms with van der Waals surface area (Å²) in [4.78, 5) is 20.2. The summed E-state index contributed by atoms with van der Waals surface area (Å²) in [7, 11) is 1.67. The van der Waals surface area contributed by atoms with Crippen molar-refractivity contribution in [1.82, 2.24) is 4.90 Å². The predicted molar refractivity (Wildman–Crippen MR) is 111 cm³/mol. The van der Waals surface area contributed by atoms with Gasteiger partial charge in [0.25, 0.3) is 5.91 Å². The zero-order valence-electron chi connectivity index (χ0n) is 15.3. The average molecular weight is 375 g/mol. The maximum absolute atomic E-state index is 13.2. The van der Waals surface area contributed by atoms with Gasteiger partial charge in [0.15, 0.2) is 5.96 Å². The molecular formula is C22H21N3OS. The van der Waals surface area contributed by atoms with Crippen molar-refractivity contribution in [3.63, 3.8) is 0 Å². The number of carbonyl (C=O) groups is 1. The van der Waals surface area contributed by atoms with Gasteiger partial charge < -0.3 is 5.73 Å². The summed E-state index contributed by atoms with van der Waals surface area (Å²) >= 11 is 1.55. The number of thiophene rings is 1. The molecule has 136 valence electrons. The van der Waals surface area contributed by atoms with Crippen LogP contribution in [0.2, 0.25) is 0 Å². The summed E-state index contributed by atoms with van der Waals surface area (Å²) in [6, 6.07) is 20.2. The Morgan fingerprint density at radius 2 is 1.85 bits per heavy atom. The molecule has 0 fully saturated rings. The zero-order valence-corrected chi connectivity index (χ0v) is 16.2. The number of benzene rings is 2. The van der Waals surface area contributed by atoms with E-state index in [9.17, 15) is 4.79 Å². The summed E-state index contributed by atoms with van der Waals surface area (Å²) in [5, 5.41) is 2.09. The first kappa shape index (κ1) is 17.5. The predicted octanol–water partition coefficient (Wildman–Crippen LogP) is 4.01. The van der Waals surface area contributed by atoms with E-state index in [4.69, 9.17) is 5.73 Å². The van der Waals surface area contributed by atoms with Gasteiger partial charge in [0.05, 0.1) is 0 Å². The van der Waals surface area contributed by atoms with Crippen LogP contribution >= 0.6 is 11.3 Å². The molecule has 1 aliphatic rings. The summed E-state index contributed by atoms with van der Waals surface area (Å²) in [6.45, 7) is 2.15. The van der Waals surface area contributed by atoms with Crippen LogP contribution in [-0.4, -0.2) is 23.8 Å². The van der Waals surface area contributed by atoms with Crippen molar-refractivity contribution in [2.75, 3.05) is 7.05 Å². The minimum absolute atomic E-state index is 0.123. The molecule has 0 saturated heterocycles. The van der Waals surface area contributed by atoms with Crippen molar-refractivity contribution in [1.29, 1.82) is 0 Å². The van der Waals surface area contributed by atoms with Crippen LogP contribution in [-0.2, 0) is 16.8 Å². The molecule has 2 N–H and O–H groups in total. The third-order valence-corrected chi connectivity index (χ3v) is 6.10. The van der Waals surface area contributed by atoms with Crippen LogP contribution in [0.25, 0.3) is 11.1 Å². The van der Waals surface area contributed by atoms with Crippen molar-refractivity contribution in [3.05, 3.63) is 82.0 Å². The maximum Gasteiger partial charge on any atom is 0.267 e. The Bertz CT molecular complexity index is 1020. The molecule has 3 aromatic rings. The number of hydrogen-bond donors (Lipinski definition) is 1. The van der Waals surface area contributed by atoms with Crippen molar-refractivity contribution in [2.24, 2.45) is 10.7 Å². The number of hydrogen-bond acceptors (Lipinski definition) is 4. The van der Waals surface area contributed by atoms with Gasteiger partial charge in [-0.2, -0.15) is 0 Å². The van der Waals surface area contributed by atoms with Crippen LogP contribution in [0.4, 0.5) is 0 Å². The van der Waals surface area contributed by atoms with E-state index >= 15 is 0 Å². The molecule has 0 aliphatic carbocycles. The normalized spacial score (nSPS) is 19.4.